The topological polar surface area (TPSA) is 20.2 Å². The van der Waals surface area contributed by atoms with Crippen molar-refractivity contribution in [2.75, 3.05) is 0 Å². The maximum Gasteiger partial charge on any atom is 0.0921 e. The van der Waals surface area contributed by atoms with Gasteiger partial charge in [-0.1, -0.05) is 36.2 Å². The summed E-state index contributed by atoms with van der Waals surface area (Å²) in [5.74, 6) is 0. The van der Waals surface area contributed by atoms with Crippen LogP contribution in [0.1, 0.15) is 43.4 Å². The fourth-order valence-corrected chi connectivity index (χ4v) is 2.28. The molecule has 2 rings (SSSR count). The molecule has 0 aromatic heterocycles. The lowest BCUT2D eigenvalue weighted by atomic mass is 9.80. The quantitative estimate of drug-likeness (QED) is 0.783. The van der Waals surface area contributed by atoms with E-state index >= 15 is 0 Å². The van der Waals surface area contributed by atoms with Crippen molar-refractivity contribution in [2.45, 2.75) is 46.1 Å². The summed E-state index contributed by atoms with van der Waals surface area (Å²) in [5, 5.41) is 10.6. The minimum absolute atomic E-state index is 0.0905. The van der Waals surface area contributed by atoms with Crippen LogP contribution in [0.5, 0.6) is 0 Å². The first-order valence-electron chi connectivity index (χ1n) is 5.66. The van der Waals surface area contributed by atoms with Crippen LogP contribution in [0.3, 0.4) is 0 Å². The summed E-state index contributed by atoms with van der Waals surface area (Å²) in [6.45, 7) is 8.29. The predicted molar refractivity (Wildman–Crippen MR) is 62.8 cm³/mol. The number of hydrogen-bond acceptors (Lipinski definition) is 1. The molecule has 0 radical (unpaired) electrons. The van der Waals surface area contributed by atoms with E-state index in [4.69, 9.17) is 0 Å². The number of aliphatic hydroxyl groups is 1. The molecule has 1 nitrogen and oxygen atoms in total. The first-order valence-corrected chi connectivity index (χ1v) is 5.66. The van der Waals surface area contributed by atoms with Crippen molar-refractivity contribution >= 4 is 0 Å². The molecule has 0 amide bonds. The third-order valence-corrected chi connectivity index (χ3v) is 3.96. The van der Waals surface area contributed by atoms with Crippen molar-refractivity contribution in [3.63, 3.8) is 0 Å². The molecule has 1 unspecified atom stereocenters. The summed E-state index contributed by atoms with van der Waals surface area (Å²) in [4.78, 5) is 0. The van der Waals surface area contributed by atoms with Crippen LogP contribution < -0.4 is 0 Å². The van der Waals surface area contributed by atoms with E-state index in [1.54, 1.807) is 0 Å². The number of hydrogen-bond donors (Lipinski definition) is 1. The Balaban J connectivity index is 2.44. The van der Waals surface area contributed by atoms with Gasteiger partial charge in [-0.05, 0) is 39.2 Å². The van der Waals surface area contributed by atoms with Gasteiger partial charge in [-0.25, -0.2) is 0 Å². The van der Waals surface area contributed by atoms with Crippen molar-refractivity contribution < 1.29 is 5.11 Å². The van der Waals surface area contributed by atoms with Gasteiger partial charge in [-0.15, -0.1) is 0 Å². The molecule has 0 aliphatic heterocycles. The average molecular weight is 204 g/mol. The minimum Gasteiger partial charge on any atom is -0.385 e. The standard InChI is InChI=1S/C14H20O/c1-10-7-11(2)9-12(8-10)14(4,15)13(3)5-6-13/h7-9,15H,5-6H2,1-4H3. The second-order valence-corrected chi connectivity index (χ2v) is 5.51. The summed E-state index contributed by atoms with van der Waals surface area (Å²) < 4.78 is 0. The minimum atomic E-state index is -0.677. The van der Waals surface area contributed by atoms with Crippen molar-refractivity contribution in [1.29, 1.82) is 0 Å². The molecular formula is C14H20O. The lowest BCUT2D eigenvalue weighted by molar-refractivity contribution is -0.0127. The normalized spacial score (nSPS) is 22.2. The summed E-state index contributed by atoms with van der Waals surface area (Å²) in [6.07, 6.45) is 2.26. The van der Waals surface area contributed by atoms with Crippen LogP contribution in [-0.2, 0) is 5.60 Å². The highest BCUT2D eigenvalue weighted by Crippen LogP contribution is 2.57. The molecule has 1 atom stereocenters. The third kappa shape index (κ3) is 1.69. The van der Waals surface area contributed by atoms with Crippen molar-refractivity contribution in [1.82, 2.24) is 0 Å². The fourth-order valence-electron chi connectivity index (χ4n) is 2.28. The molecule has 0 spiro atoms. The molecular weight excluding hydrogens is 184 g/mol. The maximum atomic E-state index is 10.6. The van der Waals surface area contributed by atoms with E-state index < -0.39 is 5.60 Å². The third-order valence-electron chi connectivity index (χ3n) is 3.96. The summed E-state index contributed by atoms with van der Waals surface area (Å²) in [5.41, 5.74) is 2.95. The van der Waals surface area contributed by atoms with Crippen molar-refractivity contribution in [3.8, 4) is 0 Å². The second kappa shape index (κ2) is 3.08. The lowest BCUT2D eigenvalue weighted by Crippen LogP contribution is -2.31. The zero-order valence-electron chi connectivity index (χ0n) is 10.1. The van der Waals surface area contributed by atoms with Gasteiger partial charge in [0.1, 0.15) is 0 Å². The van der Waals surface area contributed by atoms with Gasteiger partial charge < -0.3 is 5.11 Å². The average Bonchev–Trinajstić information content (AvgIpc) is 2.83. The Morgan fingerprint density at radius 2 is 1.60 bits per heavy atom. The summed E-state index contributed by atoms with van der Waals surface area (Å²) in [6, 6.07) is 6.36. The monoisotopic (exact) mass is 204 g/mol. The molecule has 0 heterocycles. The van der Waals surface area contributed by atoms with Gasteiger partial charge in [-0.2, -0.15) is 0 Å². The molecule has 1 aliphatic carbocycles. The van der Waals surface area contributed by atoms with Gasteiger partial charge in [0.05, 0.1) is 5.60 Å². The van der Waals surface area contributed by atoms with Crippen LogP contribution >= 0.6 is 0 Å². The van der Waals surface area contributed by atoms with E-state index in [0.29, 0.717) is 0 Å². The van der Waals surface area contributed by atoms with Crippen LogP contribution in [-0.4, -0.2) is 5.11 Å². The lowest BCUT2D eigenvalue weighted by Gasteiger charge is -2.31. The highest BCUT2D eigenvalue weighted by atomic mass is 16.3. The molecule has 1 saturated carbocycles. The smallest absolute Gasteiger partial charge is 0.0921 e. The zero-order valence-corrected chi connectivity index (χ0v) is 10.1. The van der Waals surface area contributed by atoms with Crippen molar-refractivity contribution in [3.05, 3.63) is 34.9 Å². The second-order valence-electron chi connectivity index (χ2n) is 5.51. The van der Waals surface area contributed by atoms with E-state index in [0.717, 1.165) is 18.4 Å². The Labute approximate surface area is 92.1 Å². The van der Waals surface area contributed by atoms with Gasteiger partial charge in [-0.3, -0.25) is 0 Å². The number of benzene rings is 1. The van der Waals surface area contributed by atoms with Gasteiger partial charge in [0.15, 0.2) is 0 Å². The Bertz CT molecular complexity index is 366. The van der Waals surface area contributed by atoms with Crippen molar-refractivity contribution in [2.24, 2.45) is 5.41 Å². The Morgan fingerprint density at radius 3 is 2.00 bits per heavy atom. The van der Waals surface area contributed by atoms with Gasteiger partial charge in [0, 0.05) is 5.41 Å². The molecule has 1 fully saturated rings. The number of rotatable bonds is 2. The van der Waals surface area contributed by atoms with E-state index in [9.17, 15) is 5.11 Å². The first-order chi connectivity index (χ1) is 6.85. The predicted octanol–water partition coefficient (Wildman–Crippen LogP) is 3.31. The summed E-state index contributed by atoms with van der Waals surface area (Å²) in [7, 11) is 0. The Hall–Kier alpha value is -0.820. The highest BCUT2D eigenvalue weighted by molar-refractivity contribution is 5.34. The molecule has 0 bridgehead atoms. The van der Waals surface area contributed by atoms with E-state index in [1.807, 2.05) is 6.92 Å². The molecule has 1 N–H and O–H groups in total. The van der Waals surface area contributed by atoms with Crippen LogP contribution in [0, 0.1) is 19.3 Å². The molecule has 1 aliphatic rings. The van der Waals surface area contributed by atoms with E-state index in [-0.39, 0.29) is 5.41 Å². The van der Waals surface area contributed by atoms with Gasteiger partial charge >= 0.3 is 0 Å². The fraction of sp³-hybridized carbons (Fsp3) is 0.571. The molecule has 1 aromatic carbocycles. The van der Waals surface area contributed by atoms with Gasteiger partial charge in [0.25, 0.3) is 0 Å². The molecule has 15 heavy (non-hydrogen) atoms. The molecule has 1 aromatic rings. The zero-order chi connectivity index (χ0) is 11.3. The first kappa shape index (κ1) is 10.7. The van der Waals surface area contributed by atoms with Crippen LogP contribution in [0.4, 0.5) is 0 Å². The highest BCUT2D eigenvalue weighted by Gasteiger charge is 2.53. The van der Waals surface area contributed by atoms with Crippen LogP contribution in [0.2, 0.25) is 0 Å². The number of aryl methyl sites for hydroxylation is 2. The van der Waals surface area contributed by atoms with Crippen LogP contribution in [0.15, 0.2) is 18.2 Å². The summed E-state index contributed by atoms with van der Waals surface area (Å²) >= 11 is 0. The maximum absolute atomic E-state index is 10.6. The Morgan fingerprint density at radius 1 is 1.13 bits per heavy atom. The SMILES string of the molecule is Cc1cc(C)cc(C(C)(O)C2(C)CC2)c1. The molecule has 82 valence electrons. The van der Waals surface area contributed by atoms with Crippen LogP contribution in [0.25, 0.3) is 0 Å². The van der Waals surface area contributed by atoms with Gasteiger partial charge in [0.2, 0.25) is 0 Å². The Kier molecular flexibility index (Phi) is 2.20. The molecule has 1 heteroatoms. The molecule has 0 saturated heterocycles. The largest absolute Gasteiger partial charge is 0.385 e. The van der Waals surface area contributed by atoms with E-state index in [1.165, 1.54) is 11.1 Å². The van der Waals surface area contributed by atoms with E-state index in [2.05, 4.69) is 39.0 Å².